The van der Waals surface area contributed by atoms with Gasteiger partial charge in [0.2, 0.25) is 11.8 Å². The predicted octanol–water partition coefficient (Wildman–Crippen LogP) is 1.13. The summed E-state index contributed by atoms with van der Waals surface area (Å²) in [6, 6.07) is 0. The summed E-state index contributed by atoms with van der Waals surface area (Å²) >= 11 is 0. The Bertz CT molecular complexity index is 532. The number of carbonyl (C=O) groups is 2. The fourth-order valence-electron chi connectivity index (χ4n) is 5.17. The fourth-order valence-corrected chi connectivity index (χ4v) is 5.17. The summed E-state index contributed by atoms with van der Waals surface area (Å²) < 4.78 is 10.6. The number of hydrogen-bond donors (Lipinski definition) is 1. The Hall–Kier alpha value is -1.18. The second kappa shape index (κ2) is 10.0. The number of ether oxygens (including phenoxy) is 2. The van der Waals surface area contributed by atoms with E-state index < -0.39 is 5.41 Å². The van der Waals surface area contributed by atoms with Crippen LogP contribution in [0, 0.1) is 17.3 Å². The van der Waals surface area contributed by atoms with Crippen molar-refractivity contribution in [3.8, 4) is 0 Å². The Balaban J connectivity index is 1.64. The molecule has 7 heteroatoms. The number of hydrogen-bond acceptors (Lipinski definition) is 5. The number of methoxy groups -OCH3 is 2. The molecule has 3 atom stereocenters. The first kappa shape index (κ1) is 21.5. The van der Waals surface area contributed by atoms with E-state index in [2.05, 4.69) is 5.32 Å². The molecule has 3 aliphatic rings. The van der Waals surface area contributed by atoms with Crippen molar-refractivity contribution in [2.24, 2.45) is 17.3 Å². The Kier molecular flexibility index (Phi) is 7.71. The molecule has 0 aromatic rings. The average Bonchev–Trinajstić information content (AvgIpc) is 3.18. The van der Waals surface area contributed by atoms with Crippen LogP contribution in [0.1, 0.15) is 38.5 Å². The molecule has 1 N–H and O–H groups in total. The quantitative estimate of drug-likeness (QED) is 0.700. The average molecular weight is 396 g/mol. The molecule has 7 nitrogen and oxygen atoms in total. The molecule has 3 aliphatic heterocycles. The van der Waals surface area contributed by atoms with Gasteiger partial charge in [-0.2, -0.15) is 0 Å². The monoisotopic (exact) mass is 395 g/mol. The highest BCUT2D eigenvalue weighted by molar-refractivity contribution is 5.89. The zero-order valence-corrected chi connectivity index (χ0v) is 17.6. The highest BCUT2D eigenvalue weighted by Crippen LogP contribution is 2.35. The van der Waals surface area contributed by atoms with Gasteiger partial charge in [0.15, 0.2) is 0 Å². The van der Waals surface area contributed by atoms with Crippen LogP contribution >= 0.6 is 0 Å². The molecular formula is C21H37N3O4. The van der Waals surface area contributed by atoms with Crippen LogP contribution in [0.2, 0.25) is 0 Å². The van der Waals surface area contributed by atoms with Crippen LogP contribution in [0.15, 0.2) is 0 Å². The van der Waals surface area contributed by atoms with Gasteiger partial charge in [0.25, 0.3) is 0 Å². The predicted molar refractivity (Wildman–Crippen MR) is 107 cm³/mol. The third kappa shape index (κ3) is 5.05. The molecule has 0 saturated carbocycles. The Morgan fingerprint density at radius 3 is 2.18 bits per heavy atom. The Morgan fingerprint density at radius 1 is 1.00 bits per heavy atom. The molecule has 3 rings (SSSR count). The molecule has 0 aromatic carbocycles. The Labute approximate surface area is 169 Å². The standard InChI is InChI=1S/C21H37N3O4/c1-27-14-17-5-3-9-23(12-17)19(25)11-21(7-8-22-16-21)20(26)24-10-4-6-18(13-24)15-28-2/h17-18,22H,3-16H2,1-2H3. The van der Waals surface area contributed by atoms with Crippen LogP contribution in [0.3, 0.4) is 0 Å². The minimum Gasteiger partial charge on any atom is -0.384 e. The van der Waals surface area contributed by atoms with Gasteiger partial charge in [0.1, 0.15) is 0 Å². The largest absolute Gasteiger partial charge is 0.384 e. The Morgan fingerprint density at radius 2 is 1.61 bits per heavy atom. The van der Waals surface area contributed by atoms with Crippen LogP contribution in [0.5, 0.6) is 0 Å². The van der Waals surface area contributed by atoms with Crippen molar-refractivity contribution < 1.29 is 19.1 Å². The van der Waals surface area contributed by atoms with Crippen molar-refractivity contribution in [1.82, 2.24) is 15.1 Å². The first-order valence-electron chi connectivity index (χ1n) is 10.8. The molecule has 160 valence electrons. The van der Waals surface area contributed by atoms with Crippen molar-refractivity contribution in [2.45, 2.75) is 38.5 Å². The molecule has 0 spiro atoms. The zero-order valence-electron chi connectivity index (χ0n) is 17.6. The van der Waals surface area contributed by atoms with E-state index in [4.69, 9.17) is 9.47 Å². The molecule has 0 aromatic heterocycles. The lowest BCUT2D eigenvalue weighted by atomic mass is 9.80. The van der Waals surface area contributed by atoms with Crippen molar-refractivity contribution in [3.63, 3.8) is 0 Å². The number of likely N-dealkylation sites (tertiary alicyclic amines) is 2. The van der Waals surface area contributed by atoms with E-state index in [1.807, 2.05) is 9.80 Å². The summed E-state index contributed by atoms with van der Waals surface area (Å²) in [7, 11) is 3.44. The summed E-state index contributed by atoms with van der Waals surface area (Å²) in [5.74, 6) is 1.11. The summed E-state index contributed by atoms with van der Waals surface area (Å²) in [4.78, 5) is 30.6. The van der Waals surface area contributed by atoms with E-state index >= 15 is 0 Å². The third-order valence-corrected chi connectivity index (χ3v) is 6.67. The smallest absolute Gasteiger partial charge is 0.230 e. The first-order valence-corrected chi connectivity index (χ1v) is 10.8. The van der Waals surface area contributed by atoms with Gasteiger partial charge in [-0.25, -0.2) is 0 Å². The lowest BCUT2D eigenvalue weighted by Gasteiger charge is -2.40. The number of rotatable bonds is 7. The fraction of sp³-hybridized carbons (Fsp3) is 0.905. The lowest BCUT2D eigenvalue weighted by molar-refractivity contribution is -0.149. The summed E-state index contributed by atoms with van der Waals surface area (Å²) in [5, 5.41) is 3.34. The number of piperidine rings is 2. The molecule has 0 aliphatic carbocycles. The molecule has 3 saturated heterocycles. The molecule has 0 bridgehead atoms. The van der Waals surface area contributed by atoms with Gasteiger partial charge in [0.05, 0.1) is 18.6 Å². The molecule has 3 unspecified atom stereocenters. The van der Waals surface area contributed by atoms with Gasteiger partial charge in [0, 0.05) is 53.4 Å². The number of amides is 2. The van der Waals surface area contributed by atoms with Crippen molar-refractivity contribution in [3.05, 3.63) is 0 Å². The first-order chi connectivity index (χ1) is 13.6. The number of carbonyl (C=O) groups excluding carboxylic acids is 2. The third-order valence-electron chi connectivity index (χ3n) is 6.67. The maximum Gasteiger partial charge on any atom is 0.230 e. The van der Waals surface area contributed by atoms with E-state index in [0.29, 0.717) is 38.0 Å². The molecule has 0 radical (unpaired) electrons. The lowest BCUT2D eigenvalue weighted by Crippen LogP contribution is -2.52. The van der Waals surface area contributed by atoms with E-state index in [0.717, 1.165) is 64.8 Å². The number of nitrogens with one attached hydrogen (secondary N) is 1. The van der Waals surface area contributed by atoms with Crippen molar-refractivity contribution in [2.75, 3.05) is 66.7 Å². The molecule has 28 heavy (non-hydrogen) atoms. The zero-order chi connectivity index (χ0) is 20.0. The van der Waals surface area contributed by atoms with Gasteiger partial charge >= 0.3 is 0 Å². The van der Waals surface area contributed by atoms with E-state index in [1.54, 1.807) is 14.2 Å². The maximum absolute atomic E-state index is 13.5. The minimum atomic E-state index is -0.583. The highest BCUT2D eigenvalue weighted by atomic mass is 16.5. The number of nitrogens with zero attached hydrogens (tertiary/aromatic N) is 2. The SMILES string of the molecule is COCC1CCCN(C(=O)CC2(C(=O)N3CCCC(COC)C3)CCNC2)C1. The van der Waals surface area contributed by atoms with Crippen molar-refractivity contribution >= 4 is 11.8 Å². The molecule has 3 fully saturated rings. The van der Waals surface area contributed by atoms with E-state index in [-0.39, 0.29) is 11.8 Å². The summed E-state index contributed by atoms with van der Waals surface area (Å²) in [6.45, 7) is 5.92. The van der Waals surface area contributed by atoms with Gasteiger partial charge in [-0.1, -0.05) is 0 Å². The highest BCUT2D eigenvalue weighted by Gasteiger charge is 2.46. The normalized spacial score (nSPS) is 31.2. The van der Waals surface area contributed by atoms with Crippen LogP contribution in [-0.4, -0.2) is 88.3 Å². The van der Waals surface area contributed by atoms with Gasteiger partial charge in [-0.05, 0) is 50.5 Å². The minimum absolute atomic E-state index is 0.128. The van der Waals surface area contributed by atoms with Crippen LogP contribution in [-0.2, 0) is 19.1 Å². The molecular weight excluding hydrogens is 358 g/mol. The molecule has 3 heterocycles. The van der Waals surface area contributed by atoms with Crippen LogP contribution in [0.4, 0.5) is 0 Å². The van der Waals surface area contributed by atoms with Crippen LogP contribution < -0.4 is 5.32 Å². The second-order valence-electron chi connectivity index (χ2n) is 8.90. The van der Waals surface area contributed by atoms with Gasteiger partial charge < -0.3 is 24.6 Å². The van der Waals surface area contributed by atoms with E-state index in [9.17, 15) is 9.59 Å². The summed E-state index contributed by atoms with van der Waals surface area (Å²) in [6.07, 6.45) is 5.32. The van der Waals surface area contributed by atoms with Crippen LogP contribution in [0.25, 0.3) is 0 Å². The topological polar surface area (TPSA) is 71.1 Å². The molecule has 2 amide bonds. The second-order valence-corrected chi connectivity index (χ2v) is 8.90. The van der Waals surface area contributed by atoms with Gasteiger partial charge in [-0.3, -0.25) is 9.59 Å². The van der Waals surface area contributed by atoms with Crippen molar-refractivity contribution in [1.29, 1.82) is 0 Å². The van der Waals surface area contributed by atoms with E-state index in [1.165, 1.54) is 0 Å². The maximum atomic E-state index is 13.5. The summed E-state index contributed by atoms with van der Waals surface area (Å²) in [5.41, 5.74) is -0.583. The van der Waals surface area contributed by atoms with Gasteiger partial charge in [-0.15, -0.1) is 0 Å².